The molecule has 1 saturated heterocycles. The quantitative estimate of drug-likeness (QED) is 0.767. The lowest BCUT2D eigenvalue weighted by atomic mass is 10.1. The van der Waals surface area contributed by atoms with E-state index in [-0.39, 0.29) is 11.9 Å². The van der Waals surface area contributed by atoms with E-state index >= 15 is 0 Å². The van der Waals surface area contributed by atoms with Gasteiger partial charge < -0.3 is 14.8 Å². The van der Waals surface area contributed by atoms with Gasteiger partial charge in [0.2, 0.25) is 11.9 Å². The Balaban J connectivity index is 1.95. The van der Waals surface area contributed by atoms with Crippen molar-refractivity contribution in [3.05, 3.63) is 20.8 Å². The third kappa shape index (κ3) is 2.62. The van der Waals surface area contributed by atoms with Crippen molar-refractivity contribution in [3.8, 4) is 0 Å². The largest absolute Gasteiger partial charge is 0.351 e. The molecule has 1 fully saturated rings. The predicted octanol–water partition coefficient (Wildman–Crippen LogP) is -0.617. The van der Waals surface area contributed by atoms with Crippen molar-refractivity contribution < 1.29 is 4.79 Å². The molecule has 1 amide bonds. The first-order valence-corrected chi connectivity index (χ1v) is 7.56. The molecule has 9 nitrogen and oxygen atoms in total. The average molecular weight is 320 g/mol. The Labute approximate surface area is 131 Å². The Bertz CT molecular complexity index is 877. The third-order valence-corrected chi connectivity index (χ3v) is 4.33. The smallest absolute Gasteiger partial charge is 0.329 e. The molecule has 1 aliphatic rings. The Hall–Kier alpha value is -2.58. The summed E-state index contributed by atoms with van der Waals surface area (Å²) < 4.78 is 2.95. The summed E-state index contributed by atoms with van der Waals surface area (Å²) in [7, 11) is 3.29. The summed E-state index contributed by atoms with van der Waals surface area (Å²) in [6.45, 7) is 2.94. The van der Waals surface area contributed by atoms with Crippen LogP contribution in [0.15, 0.2) is 9.59 Å². The molecule has 1 aliphatic heterocycles. The molecule has 0 radical (unpaired) electrons. The van der Waals surface area contributed by atoms with Crippen LogP contribution in [0.1, 0.15) is 19.8 Å². The molecule has 1 atom stereocenters. The van der Waals surface area contributed by atoms with Gasteiger partial charge in [0.25, 0.3) is 5.56 Å². The zero-order valence-corrected chi connectivity index (χ0v) is 13.4. The number of fused-ring (bicyclic) bond motifs is 1. The molecule has 3 heterocycles. The number of likely N-dealkylation sites (tertiary alicyclic amines) is 1. The lowest BCUT2D eigenvalue weighted by molar-refractivity contribution is -0.129. The Kier molecular flexibility index (Phi) is 3.70. The number of nitrogens with one attached hydrogen (secondary N) is 2. The summed E-state index contributed by atoms with van der Waals surface area (Å²) in [5.41, 5.74) is -0.274. The number of aryl methyl sites for hydroxylation is 2. The second kappa shape index (κ2) is 5.56. The maximum absolute atomic E-state index is 12.0. The Morgan fingerprint density at radius 1 is 1.30 bits per heavy atom. The van der Waals surface area contributed by atoms with Crippen LogP contribution in [0.4, 0.5) is 5.95 Å². The van der Waals surface area contributed by atoms with Gasteiger partial charge >= 0.3 is 5.69 Å². The second-order valence-corrected chi connectivity index (χ2v) is 5.93. The molecule has 2 aromatic rings. The second-order valence-electron chi connectivity index (χ2n) is 5.93. The molecule has 0 bridgehead atoms. The fraction of sp³-hybridized carbons (Fsp3) is 0.571. The fourth-order valence-corrected chi connectivity index (χ4v) is 3.00. The number of carbonyl (C=O) groups is 1. The number of rotatable bonds is 2. The molecular weight excluding hydrogens is 300 g/mol. The van der Waals surface area contributed by atoms with E-state index in [1.165, 1.54) is 4.57 Å². The van der Waals surface area contributed by atoms with Crippen LogP contribution < -0.4 is 16.6 Å². The summed E-state index contributed by atoms with van der Waals surface area (Å²) in [6.07, 6.45) is 1.84. The molecule has 9 heteroatoms. The minimum atomic E-state index is -0.493. The predicted molar refractivity (Wildman–Crippen MR) is 85.5 cm³/mol. The standard InChI is InChI=1S/C14H20N6O3/c1-8(21)20-6-4-5-9(7-20)15-13-16-11-10(18(13)2)12(22)17-14(23)19(11)3/h9H,4-7H2,1-3H3,(H,15,16)(H,17,22,23)/t9-/m0/s1. The van der Waals surface area contributed by atoms with Crippen LogP contribution in [-0.4, -0.2) is 49.0 Å². The Morgan fingerprint density at radius 3 is 2.74 bits per heavy atom. The highest BCUT2D eigenvalue weighted by molar-refractivity contribution is 5.74. The molecule has 0 unspecified atom stereocenters. The van der Waals surface area contributed by atoms with Crippen LogP contribution in [0.3, 0.4) is 0 Å². The SMILES string of the molecule is CC(=O)N1CCC[C@H](Nc2nc3c(c(=O)[nH]c(=O)n3C)n2C)C1. The van der Waals surface area contributed by atoms with Gasteiger partial charge in [-0.25, -0.2) is 4.79 Å². The molecular formula is C14H20N6O3. The summed E-state index contributed by atoms with van der Waals surface area (Å²) in [6, 6.07) is 0.0688. The van der Waals surface area contributed by atoms with Gasteiger partial charge in [-0.15, -0.1) is 0 Å². The van der Waals surface area contributed by atoms with E-state index in [2.05, 4.69) is 15.3 Å². The minimum Gasteiger partial charge on any atom is -0.351 e. The number of anilines is 1. The topological polar surface area (TPSA) is 105 Å². The van der Waals surface area contributed by atoms with Crippen LogP contribution in [0.2, 0.25) is 0 Å². The highest BCUT2D eigenvalue weighted by atomic mass is 16.2. The lowest BCUT2D eigenvalue weighted by Gasteiger charge is -2.32. The molecule has 124 valence electrons. The number of piperidine rings is 1. The van der Waals surface area contributed by atoms with Gasteiger partial charge in [-0.2, -0.15) is 4.98 Å². The average Bonchev–Trinajstić information content (AvgIpc) is 2.83. The van der Waals surface area contributed by atoms with Crippen molar-refractivity contribution in [2.75, 3.05) is 18.4 Å². The van der Waals surface area contributed by atoms with E-state index in [1.54, 1.807) is 30.5 Å². The van der Waals surface area contributed by atoms with Gasteiger partial charge in [-0.05, 0) is 12.8 Å². The molecule has 2 N–H and O–H groups in total. The first-order chi connectivity index (χ1) is 10.9. The van der Waals surface area contributed by atoms with Gasteiger partial charge in [-0.3, -0.25) is 19.1 Å². The summed E-state index contributed by atoms with van der Waals surface area (Å²) in [5, 5.41) is 3.29. The molecule has 0 aromatic carbocycles. The van der Waals surface area contributed by atoms with Gasteiger partial charge in [0.1, 0.15) is 0 Å². The van der Waals surface area contributed by atoms with Crippen LogP contribution in [0, 0.1) is 0 Å². The van der Waals surface area contributed by atoms with E-state index in [1.807, 2.05) is 0 Å². The number of imidazole rings is 1. The Morgan fingerprint density at radius 2 is 2.04 bits per heavy atom. The van der Waals surface area contributed by atoms with Crippen molar-refractivity contribution in [1.82, 2.24) is 24.0 Å². The zero-order valence-electron chi connectivity index (χ0n) is 13.4. The number of H-pyrrole nitrogens is 1. The van der Waals surface area contributed by atoms with Gasteiger partial charge in [0.05, 0.1) is 0 Å². The summed E-state index contributed by atoms with van der Waals surface area (Å²) in [4.78, 5) is 43.7. The van der Waals surface area contributed by atoms with E-state index < -0.39 is 11.2 Å². The number of hydrogen-bond acceptors (Lipinski definition) is 5. The zero-order chi connectivity index (χ0) is 16.7. The first kappa shape index (κ1) is 15.3. The van der Waals surface area contributed by atoms with Crippen molar-refractivity contribution in [2.24, 2.45) is 14.1 Å². The highest BCUT2D eigenvalue weighted by Gasteiger charge is 2.23. The van der Waals surface area contributed by atoms with Crippen molar-refractivity contribution in [1.29, 1.82) is 0 Å². The van der Waals surface area contributed by atoms with Crippen molar-refractivity contribution in [3.63, 3.8) is 0 Å². The van der Waals surface area contributed by atoms with E-state index in [0.29, 0.717) is 23.7 Å². The number of nitrogens with zero attached hydrogens (tertiary/aromatic N) is 4. The third-order valence-electron chi connectivity index (χ3n) is 4.33. The molecule has 23 heavy (non-hydrogen) atoms. The number of amides is 1. The number of aromatic nitrogens is 4. The van der Waals surface area contributed by atoms with E-state index in [0.717, 1.165) is 19.4 Å². The maximum atomic E-state index is 12.0. The van der Waals surface area contributed by atoms with E-state index in [4.69, 9.17) is 0 Å². The van der Waals surface area contributed by atoms with Gasteiger partial charge in [0, 0.05) is 40.2 Å². The molecule has 0 spiro atoms. The fourth-order valence-electron chi connectivity index (χ4n) is 3.00. The lowest BCUT2D eigenvalue weighted by Crippen LogP contribution is -2.44. The van der Waals surface area contributed by atoms with Crippen molar-refractivity contribution in [2.45, 2.75) is 25.8 Å². The molecule has 2 aromatic heterocycles. The maximum Gasteiger partial charge on any atom is 0.329 e. The number of carbonyl (C=O) groups excluding carboxylic acids is 1. The van der Waals surface area contributed by atoms with Crippen molar-refractivity contribution >= 4 is 23.0 Å². The number of aromatic amines is 1. The number of hydrogen-bond donors (Lipinski definition) is 2. The van der Waals surface area contributed by atoms with Crippen LogP contribution in [-0.2, 0) is 18.9 Å². The summed E-state index contributed by atoms with van der Waals surface area (Å²) >= 11 is 0. The van der Waals surface area contributed by atoms with E-state index in [9.17, 15) is 14.4 Å². The van der Waals surface area contributed by atoms with Crippen LogP contribution in [0.5, 0.6) is 0 Å². The molecule has 0 aliphatic carbocycles. The first-order valence-electron chi connectivity index (χ1n) is 7.56. The van der Waals surface area contributed by atoms with Gasteiger partial charge in [-0.1, -0.05) is 0 Å². The monoisotopic (exact) mass is 320 g/mol. The summed E-state index contributed by atoms with van der Waals surface area (Å²) in [5.74, 6) is 0.572. The molecule has 0 saturated carbocycles. The van der Waals surface area contributed by atoms with Crippen LogP contribution in [0.25, 0.3) is 11.2 Å². The highest BCUT2D eigenvalue weighted by Crippen LogP contribution is 2.18. The molecule has 3 rings (SSSR count). The van der Waals surface area contributed by atoms with Gasteiger partial charge in [0.15, 0.2) is 11.2 Å². The van der Waals surface area contributed by atoms with Crippen LogP contribution >= 0.6 is 0 Å². The minimum absolute atomic E-state index is 0.0559. The normalized spacial score (nSPS) is 18.4.